The first-order valence-corrected chi connectivity index (χ1v) is 16.9. The van der Waals surface area contributed by atoms with E-state index < -0.39 is 0 Å². The van der Waals surface area contributed by atoms with Gasteiger partial charge in [-0.1, -0.05) is 103 Å². The molecule has 0 amide bonds. The molecule has 1 aliphatic heterocycles. The normalized spacial score (nSPS) is 12.4. The molecule has 7 heteroatoms. The first-order valence-electron chi connectivity index (χ1n) is 16.9. The summed E-state index contributed by atoms with van der Waals surface area (Å²) in [4.78, 5) is 9.37. The SMILES string of the molecule is Cc1ccnc(B(c2cccc(Oc3cccc(N4C=CN(C)C4)c3)c2)c2c(-c3ccccc3)nn(-c3ccccc3)c2-c2ccccc2)c1. The Bertz CT molecular complexity index is 2270. The van der Waals surface area contributed by atoms with E-state index in [9.17, 15) is 0 Å². The molecule has 0 bridgehead atoms. The van der Waals surface area contributed by atoms with Crippen LogP contribution in [0.5, 0.6) is 11.5 Å². The quantitative estimate of drug-likeness (QED) is 0.153. The van der Waals surface area contributed by atoms with E-state index in [1.54, 1.807) is 0 Å². The van der Waals surface area contributed by atoms with E-state index >= 15 is 0 Å². The highest BCUT2D eigenvalue weighted by molar-refractivity contribution is 6.96. The number of ether oxygens (including phenoxy) is 1. The third kappa shape index (κ3) is 6.29. The van der Waals surface area contributed by atoms with Gasteiger partial charge in [-0.2, -0.15) is 5.10 Å². The van der Waals surface area contributed by atoms with Crippen LogP contribution in [0.3, 0.4) is 0 Å². The number of anilines is 1. The summed E-state index contributed by atoms with van der Waals surface area (Å²) in [6.45, 7) is 2.65. The van der Waals surface area contributed by atoms with Gasteiger partial charge in [0.15, 0.2) is 0 Å². The fourth-order valence-corrected chi connectivity index (χ4v) is 6.66. The van der Waals surface area contributed by atoms with Crippen LogP contribution in [0.15, 0.2) is 170 Å². The molecule has 0 spiro atoms. The molecule has 0 saturated carbocycles. The lowest BCUT2D eigenvalue weighted by molar-refractivity contribution is 0.481. The van der Waals surface area contributed by atoms with Crippen molar-refractivity contribution >= 4 is 28.9 Å². The van der Waals surface area contributed by atoms with Crippen LogP contribution >= 0.6 is 0 Å². The zero-order valence-electron chi connectivity index (χ0n) is 28.1. The first-order chi connectivity index (χ1) is 24.6. The maximum Gasteiger partial charge on any atom is 0.270 e. The van der Waals surface area contributed by atoms with E-state index in [-0.39, 0.29) is 6.71 Å². The topological polar surface area (TPSA) is 46.4 Å². The number of pyridine rings is 1. The van der Waals surface area contributed by atoms with E-state index in [4.69, 9.17) is 14.8 Å². The van der Waals surface area contributed by atoms with Crippen molar-refractivity contribution in [3.8, 4) is 39.7 Å². The molecule has 0 fully saturated rings. The molecule has 50 heavy (non-hydrogen) atoms. The minimum atomic E-state index is -0.266. The van der Waals surface area contributed by atoms with Crippen LogP contribution in [-0.2, 0) is 0 Å². The van der Waals surface area contributed by atoms with Gasteiger partial charge in [0.1, 0.15) is 11.5 Å². The predicted molar refractivity (Wildman–Crippen MR) is 205 cm³/mol. The largest absolute Gasteiger partial charge is 0.457 e. The summed E-state index contributed by atoms with van der Waals surface area (Å²) in [6.07, 6.45) is 6.06. The first kappa shape index (κ1) is 31.0. The Morgan fingerprint density at radius 3 is 2.00 bits per heavy atom. The Kier molecular flexibility index (Phi) is 8.45. The van der Waals surface area contributed by atoms with Crippen molar-refractivity contribution in [3.05, 3.63) is 176 Å². The van der Waals surface area contributed by atoms with E-state index in [1.165, 1.54) is 0 Å². The molecule has 6 nitrogen and oxygen atoms in total. The second-order valence-electron chi connectivity index (χ2n) is 12.6. The van der Waals surface area contributed by atoms with Crippen molar-refractivity contribution in [2.24, 2.45) is 0 Å². The van der Waals surface area contributed by atoms with Gasteiger partial charge >= 0.3 is 0 Å². The minimum Gasteiger partial charge on any atom is -0.457 e. The van der Waals surface area contributed by atoms with Gasteiger partial charge in [0, 0.05) is 48.6 Å². The number of aryl methyl sites for hydroxylation is 1. The number of aromatic nitrogens is 3. The summed E-state index contributed by atoms with van der Waals surface area (Å²) in [5, 5.41) is 5.41. The van der Waals surface area contributed by atoms with Crippen LogP contribution in [0, 0.1) is 6.92 Å². The van der Waals surface area contributed by atoms with Crippen molar-refractivity contribution < 1.29 is 4.74 Å². The highest BCUT2D eigenvalue weighted by Gasteiger charge is 2.34. The Balaban J connectivity index is 1.33. The number of rotatable bonds is 9. The summed E-state index contributed by atoms with van der Waals surface area (Å²) in [7, 11) is 2.07. The van der Waals surface area contributed by atoms with Gasteiger partial charge in [-0.15, -0.1) is 0 Å². The molecule has 0 radical (unpaired) electrons. The Labute approximate surface area is 293 Å². The molecule has 5 aromatic carbocycles. The average Bonchev–Trinajstić information content (AvgIpc) is 3.78. The lowest BCUT2D eigenvalue weighted by Gasteiger charge is -2.20. The smallest absolute Gasteiger partial charge is 0.270 e. The third-order valence-electron chi connectivity index (χ3n) is 8.99. The molecule has 0 atom stereocenters. The second-order valence-corrected chi connectivity index (χ2v) is 12.6. The lowest BCUT2D eigenvalue weighted by Crippen LogP contribution is -2.54. The zero-order chi connectivity index (χ0) is 33.9. The predicted octanol–water partition coefficient (Wildman–Crippen LogP) is 7.40. The molecule has 1 aliphatic rings. The van der Waals surface area contributed by atoms with E-state index in [2.05, 4.69) is 156 Å². The summed E-state index contributed by atoms with van der Waals surface area (Å²) >= 11 is 0. The average molecular weight is 650 g/mol. The maximum absolute atomic E-state index is 6.59. The molecule has 0 saturated heterocycles. The fraction of sp³-hybridized carbons (Fsp3) is 0.0698. The van der Waals surface area contributed by atoms with Crippen LogP contribution in [0.2, 0.25) is 0 Å². The molecule has 0 unspecified atom stereocenters. The van der Waals surface area contributed by atoms with Crippen LogP contribution in [0.4, 0.5) is 5.69 Å². The number of hydrogen-bond acceptors (Lipinski definition) is 5. The van der Waals surface area contributed by atoms with Crippen molar-refractivity contribution in [1.82, 2.24) is 19.7 Å². The Morgan fingerprint density at radius 2 is 1.30 bits per heavy atom. The number of para-hydroxylation sites is 1. The van der Waals surface area contributed by atoms with Crippen molar-refractivity contribution in [1.29, 1.82) is 0 Å². The van der Waals surface area contributed by atoms with Crippen LogP contribution < -0.4 is 26.2 Å². The molecular formula is C43H36BN5O. The van der Waals surface area contributed by atoms with Crippen LogP contribution in [-0.4, -0.2) is 40.1 Å². The molecule has 0 aliphatic carbocycles. The van der Waals surface area contributed by atoms with Crippen LogP contribution in [0.1, 0.15) is 5.56 Å². The van der Waals surface area contributed by atoms with Gasteiger partial charge in [0.05, 0.1) is 23.7 Å². The maximum atomic E-state index is 6.59. The standard InChI is InChI=1S/C43H36BN5O/c1-32-24-25-45-40(28-32)44(35-18-12-22-38(29-35)50-39-23-13-21-37(30-39)48-27-26-47(2)31-48)41-42(33-14-6-3-7-15-33)46-49(36-19-10-5-11-20-36)43(41)34-16-8-4-9-17-34/h3-30H,31H2,1-2H3. The molecule has 8 rings (SSSR count). The third-order valence-corrected chi connectivity index (χ3v) is 8.99. The number of nitrogens with zero attached hydrogens (tertiary/aromatic N) is 5. The van der Waals surface area contributed by atoms with Crippen molar-refractivity contribution in [3.63, 3.8) is 0 Å². The summed E-state index contributed by atoms with van der Waals surface area (Å²) in [5.74, 6) is 1.53. The van der Waals surface area contributed by atoms with Gasteiger partial charge < -0.3 is 14.5 Å². The van der Waals surface area contributed by atoms with E-state index in [0.717, 1.165) is 74.1 Å². The summed E-state index contributed by atoms with van der Waals surface area (Å²) < 4.78 is 8.68. The molecule has 242 valence electrons. The molecule has 0 N–H and O–H groups in total. The highest BCUT2D eigenvalue weighted by Crippen LogP contribution is 2.30. The zero-order valence-corrected chi connectivity index (χ0v) is 28.1. The lowest BCUT2D eigenvalue weighted by atomic mass is 9.37. The van der Waals surface area contributed by atoms with Gasteiger partial charge in [-0.3, -0.25) is 4.98 Å². The fourth-order valence-electron chi connectivity index (χ4n) is 6.66. The molecule has 2 aromatic heterocycles. The van der Waals surface area contributed by atoms with E-state index in [1.807, 2.05) is 42.6 Å². The van der Waals surface area contributed by atoms with Gasteiger partial charge in [0.25, 0.3) is 6.71 Å². The van der Waals surface area contributed by atoms with E-state index in [0.29, 0.717) is 0 Å². The van der Waals surface area contributed by atoms with Crippen molar-refractivity contribution in [2.45, 2.75) is 6.92 Å². The summed E-state index contributed by atoms with van der Waals surface area (Å²) in [5.41, 5.74) is 10.3. The van der Waals surface area contributed by atoms with Crippen LogP contribution in [0.25, 0.3) is 28.2 Å². The van der Waals surface area contributed by atoms with Gasteiger partial charge in [-0.25, -0.2) is 4.68 Å². The second kappa shape index (κ2) is 13.6. The molecule has 3 heterocycles. The van der Waals surface area contributed by atoms with Gasteiger partial charge in [-0.05, 0) is 72.0 Å². The molecule has 7 aromatic rings. The van der Waals surface area contributed by atoms with Crippen molar-refractivity contribution in [2.75, 3.05) is 18.6 Å². The Morgan fingerprint density at radius 1 is 0.640 bits per heavy atom. The highest BCUT2D eigenvalue weighted by atomic mass is 16.5. The minimum absolute atomic E-state index is 0.266. The number of benzene rings is 5. The number of hydrogen-bond donors (Lipinski definition) is 0. The molecular weight excluding hydrogens is 613 g/mol. The Hall–Kier alpha value is -6.34. The summed E-state index contributed by atoms with van der Waals surface area (Å²) in [6, 6.07) is 52.2. The van der Waals surface area contributed by atoms with Gasteiger partial charge in [0.2, 0.25) is 0 Å². The monoisotopic (exact) mass is 649 g/mol.